The van der Waals surface area contributed by atoms with E-state index in [1.165, 1.54) is 0 Å². The van der Waals surface area contributed by atoms with Gasteiger partial charge in [0.2, 0.25) is 0 Å². The molecule has 7 nitrogen and oxygen atoms in total. The van der Waals surface area contributed by atoms with Crippen molar-refractivity contribution in [2.75, 3.05) is 0 Å². The molecule has 3 fully saturated rings. The van der Waals surface area contributed by atoms with E-state index in [0.29, 0.717) is 38.5 Å². The number of allylic oxidation sites excluding steroid dienone is 1. The average Bonchev–Trinajstić information content (AvgIpc) is 3.02. The quantitative estimate of drug-likeness (QED) is 0.166. The van der Waals surface area contributed by atoms with E-state index in [1.807, 2.05) is 13.8 Å². The number of carbonyl (C=O) groups is 1. The van der Waals surface area contributed by atoms with Crippen molar-refractivity contribution in [3.63, 3.8) is 0 Å². The Morgan fingerprint density at radius 3 is 2.34 bits per heavy atom. The van der Waals surface area contributed by atoms with Gasteiger partial charge >= 0.3 is 220 Å². The fraction of sp³-hybridized carbons (Fsp3) is 0.889. The van der Waals surface area contributed by atoms with Crippen LogP contribution in [0.4, 0.5) is 0 Å². The first-order valence-corrected chi connectivity index (χ1v) is 15.3. The van der Waals surface area contributed by atoms with Crippen molar-refractivity contribution in [3.05, 3.63) is 11.6 Å². The first-order chi connectivity index (χ1) is 16.0. The summed E-state index contributed by atoms with van der Waals surface area (Å²) in [6, 6.07) is 0. The molecule has 0 heterocycles. The molecular weight excluding hydrogens is 563 g/mol. The van der Waals surface area contributed by atoms with Crippen molar-refractivity contribution in [2.24, 2.45) is 28.6 Å². The Morgan fingerprint density at radius 1 is 1.09 bits per heavy atom. The molecule has 4 aliphatic carbocycles. The van der Waals surface area contributed by atoms with Crippen molar-refractivity contribution < 1.29 is 55.4 Å². The van der Waals surface area contributed by atoms with Crippen LogP contribution in [-0.2, 0) is 4.79 Å². The summed E-state index contributed by atoms with van der Waals surface area (Å²) in [6.07, 6.45) is 3.82. The van der Waals surface area contributed by atoms with Gasteiger partial charge in [0.1, 0.15) is 0 Å². The van der Waals surface area contributed by atoms with E-state index in [0.717, 1.165) is 12.0 Å². The zero-order valence-electron chi connectivity index (χ0n) is 21.7. The van der Waals surface area contributed by atoms with Crippen LogP contribution in [0.5, 0.6) is 0 Å². The summed E-state index contributed by atoms with van der Waals surface area (Å²) in [5.41, 5.74) is -3.79. The van der Waals surface area contributed by atoms with Crippen molar-refractivity contribution >= 4 is 5.78 Å². The van der Waals surface area contributed by atoms with Crippen molar-refractivity contribution in [1.29, 1.82) is 0 Å². The number of hydrogen-bond acceptors (Lipinski definition) is 7. The molecule has 0 saturated heterocycles. The van der Waals surface area contributed by atoms with Gasteiger partial charge in [-0.25, -0.2) is 0 Å². The predicted octanol–water partition coefficient (Wildman–Crippen LogP) is -1.14. The van der Waals surface area contributed by atoms with Crippen LogP contribution in [0.15, 0.2) is 11.6 Å². The van der Waals surface area contributed by atoms with Gasteiger partial charge in [0.25, 0.3) is 0 Å². The number of ketones is 1. The molecule has 4 rings (SSSR count). The Balaban J connectivity index is 1.68. The van der Waals surface area contributed by atoms with Crippen LogP contribution in [0.3, 0.4) is 0 Å². The van der Waals surface area contributed by atoms with Gasteiger partial charge in [-0.15, -0.1) is 0 Å². The van der Waals surface area contributed by atoms with Gasteiger partial charge in [-0.1, -0.05) is 0 Å². The topological polar surface area (TPSA) is 138 Å². The number of fused-ring (bicyclic) bond motifs is 5. The Morgan fingerprint density at radius 2 is 1.74 bits per heavy atom. The fourth-order valence-corrected chi connectivity index (χ4v) is 10.0. The summed E-state index contributed by atoms with van der Waals surface area (Å²) < 4.78 is 9.96. The summed E-state index contributed by atoms with van der Waals surface area (Å²) in [5, 5.41) is 55.1. The standard InChI is InChI=1S/C27H44IO7/c1-23(2,32)9-8-22(28-35)26(5,33)21-7-11-27(34)16-12-18(29)17-13-19(30)20(31)14-24(17,3)15(16)6-10-25(21,27)4/h12,15,17,19-22,30-35H,6-11,13-14H2,1-5H3/q-1. The molecule has 0 spiro atoms. The Hall–Kier alpha value is -0.100. The number of hydrogen-bond donors (Lipinski definition) is 6. The third kappa shape index (κ3) is 4.27. The average molecular weight is 608 g/mol. The summed E-state index contributed by atoms with van der Waals surface area (Å²) in [6.45, 7) is 9.29. The van der Waals surface area contributed by atoms with Crippen LogP contribution in [-0.4, -0.2) is 67.7 Å². The Bertz CT molecular complexity index is 881. The molecule has 3 saturated carbocycles. The molecule has 0 aromatic carbocycles. The van der Waals surface area contributed by atoms with Gasteiger partial charge in [-0.3, -0.25) is 0 Å². The number of carbonyl (C=O) groups excluding carboxylic acids is 1. The molecular formula is C27H44IO7-. The van der Waals surface area contributed by atoms with Crippen LogP contribution in [0.2, 0.25) is 0 Å². The molecule has 8 heteroatoms. The molecule has 6 N–H and O–H groups in total. The zero-order chi connectivity index (χ0) is 26.2. The van der Waals surface area contributed by atoms with E-state index in [4.69, 9.17) is 0 Å². The third-order valence-corrected chi connectivity index (χ3v) is 13.1. The molecule has 4 aliphatic rings. The maximum absolute atomic E-state index is 13.3. The normalized spacial score (nSPS) is 46.3. The molecule has 0 aromatic heterocycles. The molecule has 0 aromatic rings. The van der Waals surface area contributed by atoms with Crippen LogP contribution in [0, 0.1) is 28.6 Å². The Kier molecular flexibility index (Phi) is 7.17. The zero-order valence-corrected chi connectivity index (χ0v) is 23.8. The molecule has 0 radical (unpaired) electrons. The van der Waals surface area contributed by atoms with Crippen LogP contribution in [0.25, 0.3) is 0 Å². The number of aliphatic hydroxyl groups is 5. The third-order valence-electron chi connectivity index (χ3n) is 10.6. The molecule has 0 amide bonds. The van der Waals surface area contributed by atoms with Crippen LogP contribution in [0.1, 0.15) is 86.0 Å². The minimum atomic E-state index is -1.30. The minimum absolute atomic E-state index is 0.0645. The van der Waals surface area contributed by atoms with E-state index < -0.39 is 61.5 Å². The predicted molar refractivity (Wildman–Crippen MR) is 127 cm³/mol. The van der Waals surface area contributed by atoms with Gasteiger partial charge in [0.05, 0.1) is 0 Å². The molecule has 0 aliphatic heterocycles. The van der Waals surface area contributed by atoms with Gasteiger partial charge in [0, 0.05) is 0 Å². The second-order valence-corrected chi connectivity index (χ2v) is 15.3. The molecule has 10 atom stereocenters. The Labute approximate surface area is 219 Å². The number of aliphatic hydroxyl groups excluding tert-OH is 2. The first kappa shape index (κ1) is 27.9. The SMILES string of the molecule is CC(C)(O)CCC([I-]O)C(C)(O)C1CCC2(O)C3=CC(=O)C4CC(O)C(O)CC4(C)C3CCC12C. The van der Waals surface area contributed by atoms with Gasteiger partial charge < -0.3 is 0 Å². The van der Waals surface area contributed by atoms with E-state index in [1.54, 1.807) is 26.8 Å². The van der Waals surface area contributed by atoms with Crippen LogP contribution < -0.4 is 21.6 Å². The van der Waals surface area contributed by atoms with E-state index in [2.05, 4.69) is 0 Å². The number of rotatable bonds is 6. The van der Waals surface area contributed by atoms with Gasteiger partial charge in [-0.05, 0) is 0 Å². The molecule has 0 bridgehead atoms. The van der Waals surface area contributed by atoms with E-state index in [9.17, 15) is 33.8 Å². The van der Waals surface area contributed by atoms with Crippen molar-refractivity contribution in [2.45, 2.75) is 119 Å². The van der Waals surface area contributed by atoms with Gasteiger partial charge in [-0.2, -0.15) is 0 Å². The summed E-state index contributed by atoms with van der Waals surface area (Å²) >= 11 is -1.30. The second-order valence-electron chi connectivity index (χ2n) is 13.2. The van der Waals surface area contributed by atoms with Crippen LogP contribution >= 0.6 is 0 Å². The number of halogens is 1. The summed E-state index contributed by atoms with van der Waals surface area (Å²) in [7, 11) is 0. The second kappa shape index (κ2) is 8.99. The summed E-state index contributed by atoms with van der Waals surface area (Å²) in [4.78, 5) is 13.3. The van der Waals surface area contributed by atoms with E-state index >= 15 is 0 Å². The molecule has 202 valence electrons. The first-order valence-electron chi connectivity index (χ1n) is 13.1. The maximum atomic E-state index is 13.3. The van der Waals surface area contributed by atoms with Crippen molar-refractivity contribution in [3.8, 4) is 0 Å². The summed E-state index contributed by atoms with van der Waals surface area (Å²) in [5.74, 6) is -0.777. The van der Waals surface area contributed by atoms with Gasteiger partial charge in [0.15, 0.2) is 0 Å². The number of alkyl halides is 1. The molecule has 10 unspecified atom stereocenters. The van der Waals surface area contributed by atoms with Crippen molar-refractivity contribution in [1.82, 2.24) is 0 Å². The molecule has 35 heavy (non-hydrogen) atoms. The van der Waals surface area contributed by atoms with E-state index in [-0.39, 0.29) is 33.9 Å². The monoisotopic (exact) mass is 607 g/mol. The fourth-order valence-electron chi connectivity index (χ4n) is 8.45.